The van der Waals surface area contributed by atoms with E-state index in [0.717, 1.165) is 35.5 Å². The van der Waals surface area contributed by atoms with Crippen molar-refractivity contribution < 1.29 is 13.9 Å². The van der Waals surface area contributed by atoms with Crippen molar-refractivity contribution in [3.63, 3.8) is 0 Å². The van der Waals surface area contributed by atoms with Crippen LogP contribution in [0.4, 0.5) is 16.3 Å². The van der Waals surface area contributed by atoms with Gasteiger partial charge in [-0.25, -0.2) is 14.6 Å². The largest absolute Gasteiger partial charge is 0.449 e. The number of aromatic nitrogens is 2. The zero-order valence-electron chi connectivity index (χ0n) is 20.0. The molecule has 0 aliphatic carbocycles. The summed E-state index contributed by atoms with van der Waals surface area (Å²) in [5.41, 5.74) is 2.64. The van der Waals surface area contributed by atoms with Gasteiger partial charge in [0.1, 0.15) is 11.4 Å². The Labute approximate surface area is 199 Å². The van der Waals surface area contributed by atoms with Gasteiger partial charge in [-0.05, 0) is 38.5 Å². The summed E-state index contributed by atoms with van der Waals surface area (Å²) < 4.78 is 11.1. The number of ether oxygens (including phenoxy) is 1. The van der Waals surface area contributed by atoms with Crippen molar-refractivity contribution in [1.29, 1.82) is 0 Å². The molecule has 9 heteroatoms. The van der Waals surface area contributed by atoms with Gasteiger partial charge in [-0.1, -0.05) is 0 Å². The fourth-order valence-electron chi connectivity index (χ4n) is 4.36. The molecule has 1 fully saturated rings. The van der Waals surface area contributed by atoms with Crippen LogP contribution < -0.4 is 15.4 Å². The molecule has 0 atom stereocenters. The van der Waals surface area contributed by atoms with Gasteiger partial charge in [-0.3, -0.25) is 4.98 Å². The maximum absolute atomic E-state index is 12.7. The highest BCUT2D eigenvalue weighted by molar-refractivity contribution is 5.84. The standard InChI is InChI=1S/C25H31N5O4/c1-4-28(5-2)19-6-7-20-18(3)21(24(31)34-22(20)16-19)8-15-33-25(32)30-13-11-29(12-14-30)23-17-26-9-10-27-23/h6-7,9-10,16-17H,4-5,8,11-15H2,1-3H3. The van der Waals surface area contributed by atoms with Crippen molar-refractivity contribution in [3.05, 3.63) is 58.3 Å². The van der Waals surface area contributed by atoms with Gasteiger partial charge in [0.25, 0.3) is 0 Å². The normalized spacial score (nSPS) is 13.9. The van der Waals surface area contributed by atoms with Gasteiger partial charge < -0.3 is 23.9 Å². The number of amides is 1. The van der Waals surface area contributed by atoms with Crippen molar-refractivity contribution in [3.8, 4) is 0 Å². The third-order valence-corrected chi connectivity index (χ3v) is 6.39. The number of carbonyl (C=O) groups excluding carboxylic acids is 1. The molecule has 1 amide bonds. The summed E-state index contributed by atoms with van der Waals surface area (Å²) in [5, 5.41) is 0.900. The minimum atomic E-state index is -0.379. The number of piperazine rings is 1. The topological polar surface area (TPSA) is 92.0 Å². The summed E-state index contributed by atoms with van der Waals surface area (Å²) in [6.45, 7) is 10.4. The lowest BCUT2D eigenvalue weighted by Crippen LogP contribution is -2.49. The summed E-state index contributed by atoms with van der Waals surface area (Å²) in [6, 6.07) is 5.96. The van der Waals surface area contributed by atoms with Crippen molar-refractivity contribution >= 4 is 28.6 Å². The van der Waals surface area contributed by atoms with Crippen molar-refractivity contribution in [1.82, 2.24) is 14.9 Å². The number of fused-ring (bicyclic) bond motifs is 1. The Kier molecular flexibility index (Phi) is 7.30. The molecule has 2 aromatic heterocycles. The van der Waals surface area contributed by atoms with Crippen molar-refractivity contribution in [2.45, 2.75) is 27.2 Å². The first-order valence-corrected chi connectivity index (χ1v) is 11.8. The second-order valence-corrected chi connectivity index (χ2v) is 8.25. The molecule has 180 valence electrons. The highest BCUT2D eigenvalue weighted by Crippen LogP contribution is 2.25. The number of hydrogen-bond donors (Lipinski definition) is 0. The van der Waals surface area contributed by atoms with Gasteiger partial charge in [0.15, 0.2) is 0 Å². The summed E-state index contributed by atoms with van der Waals surface area (Å²) in [4.78, 5) is 39.6. The van der Waals surface area contributed by atoms with Crippen LogP contribution in [0.3, 0.4) is 0 Å². The number of rotatable bonds is 7. The number of anilines is 2. The molecular formula is C25H31N5O4. The molecule has 1 saturated heterocycles. The van der Waals surface area contributed by atoms with Crippen molar-refractivity contribution in [2.75, 3.05) is 55.7 Å². The predicted molar refractivity (Wildman–Crippen MR) is 132 cm³/mol. The molecule has 3 heterocycles. The highest BCUT2D eigenvalue weighted by Gasteiger charge is 2.23. The van der Waals surface area contributed by atoms with Crippen LogP contribution in [-0.2, 0) is 11.2 Å². The Bertz CT molecular complexity index is 1190. The third kappa shape index (κ3) is 4.98. The van der Waals surface area contributed by atoms with Crippen LogP contribution in [0.15, 0.2) is 46.0 Å². The Hall–Kier alpha value is -3.62. The number of benzene rings is 1. The number of hydrogen-bond acceptors (Lipinski definition) is 8. The van der Waals surface area contributed by atoms with Gasteiger partial charge in [0.05, 0.1) is 12.8 Å². The molecule has 0 bridgehead atoms. The Morgan fingerprint density at radius 2 is 1.91 bits per heavy atom. The van der Waals surface area contributed by atoms with Crippen LogP contribution >= 0.6 is 0 Å². The minimum Gasteiger partial charge on any atom is -0.449 e. The highest BCUT2D eigenvalue weighted by atomic mass is 16.6. The monoisotopic (exact) mass is 465 g/mol. The second-order valence-electron chi connectivity index (χ2n) is 8.25. The first-order chi connectivity index (χ1) is 16.5. The second kappa shape index (κ2) is 10.5. The fraction of sp³-hybridized carbons (Fsp3) is 0.440. The average molecular weight is 466 g/mol. The van der Waals surface area contributed by atoms with Gasteiger partial charge >= 0.3 is 11.7 Å². The first kappa shape index (κ1) is 23.5. The van der Waals surface area contributed by atoms with E-state index in [1.165, 1.54) is 0 Å². The zero-order chi connectivity index (χ0) is 24.1. The minimum absolute atomic E-state index is 0.123. The van der Waals surface area contributed by atoms with E-state index in [9.17, 15) is 9.59 Å². The lowest BCUT2D eigenvalue weighted by molar-refractivity contribution is 0.101. The predicted octanol–water partition coefficient (Wildman–Crippen LogP) is 3.24. The molecule has 9 nitrogen and oxygen atoms in total. The van der Waals surface area contributed by atoms with Crippen LogP contribution in [-0.4, -0.2) is 66.8 Å². The molecule has 1 aliphatic rings. The van der Waals surface area contributed by atoms with E-state index < -0.39 is 0 Å². The van der Waals surface area contributed by atoms with E-state index in [4.69, 9.17) is 9.15 Å². The zero-order valence-corrected chi connectivity index (χ0v) is 20.0. The summed E-state index contributed by atoms with van der Waals surface area (Å²) in [6.07, 6.45) is 4.96. The molecule has 34 heavy (non-hydrogen) atoms. The Morgan fingerprint density at radius 3 is 2.59 bits per heavy atom. The molecule has 1 aliphatic heterocycles. The molecule has 0 radical (unpaired) electrons. The summed E-state index contributed by atoms with van der Waals surface area (Å²) >= 11 is 0. The van der Waals surface area contributed by atoms with Crippen LogP contribution in [0, 0.1) is 6.92 Å². The Balaban J connectivity index is 1.35. The van der Waals surface area contributed by atoms with Crippen LogP contribution in [0.2, 0.25) is 0 Å². The van der Waals surface area contributed by atoms with E-state index in [-0.39, 0.29) is 18.3 Å². The first-order valence-electron chi connectivity index (χ1n) is 11.8. The molecule has 1 aromatic carbocycles. The van der Waals surface area contributed by atoms with E-state index in [1.807, 2.05) is 25.1 Å². The lowest BCUT2D eigenvalue weighted by Gasteiger charge is -2.34. The fourth-order valence-corrected chi connectivity index (χ4v) is 4.36. The van der Waals surface area contributed by atoms with Crippen LogP contribution in [0.5, 0.6) is 0 Å². The van der Waals surface area contributed by atoms with Crippen molar-refractivity contribution in [2.24, 2.45) is 0 Å². The molecule has 3 aromatic rings. The molecule has 4 rings (SSSR count). The van der Waals surface area contributed by atoms with Gasteiger partial charge in [0, 0.05) is 80.8 Å². The number of carbonyl (C=O) groups is 1. The molecule has 0 N–H and O–H groups in total. The smallest absolute Gasteiger partial charge is 0.409 e. The van der Waals surface area contributed by atoms with E-state index in [2.05, 4.69) is 33.6 Å². The summed E-state index contributed by atoms with van der Waals surface area (Å²) in [7, 11) is 0. The third-order valence-electron chi connectivity index (χ3n) is 6.39. The van der Waals surface area contributed by atoms with Gasteiger partial charge in [-0.2, -0.15) is 0 Å². The molecule has 0 unspecified atom stereocenters. The Morgan fingerprint density at radius 1 is 1.15 bits per heavy atom. The lowest BCUT2D eigenvalue weighted by atomic mass is 10.0. The van der Waals surface area contributed by atoms with Crippen LogP contribution in [0.25, 0.3) is 11.0 Å². The van der Waals surface area contributed by atoms with E-state index in [1.54, 1.807) is 23.5 Å². The number of aryl methyl sites for hydroxylation is 1. The SMILES string of the molecule is CCN(CC)c1ccc2c(C)c(CCOC(=O)N3CCN(c4cnccn4)CC3)c(=O)oc2c1. The molecule has 0 saturated carbocycles. The number of nitrogens with zero attached hydrogens (tertiary/aromatic N) is 5. The van der Waals surface area contributed by atoms with E-state index >= 15 is 0 Å². The van der Waals surface area contributed by atoms with Crippen LogP contribution in [0.1, 0.15) is 25.0 Å². The quantitative estimate of drug-likeness (QED) is 0.491. The maximum atomic E-state index is 12.7. The van der Waals surface area contributed by atoms with Gasteiger partial charge in [-0.15, -0.1) is 0 Å². The molecular weight excluding hydrogens is 434 g/mol. The van der Waals surface area contributed by atoms with Gasteiger partial charge in [0.2, 0.25) is 0 Å². The summed E-state index contributed by atoms with van der Waals surface area (Å²) in [5.74, 6) is 0.804. The maximum Gasteiger partial charge on any atom is 0.409 e. The average Bonchev–Trinajstić information content (AvgIpc) is 2.87. The molecule has 0 spiro atoms. The van der Waals surface area contributed by atoms with E-state index in [0.29, 0.717) is 43.7 Å².